The number of sulfonamides is 1. The minimum atomic E-state index is -3.47. The molecule has 0 radical (unpaired) electrons. The van der Waals surface area contributed by atoms with Crippen LogP contribution in [0.1, 0.15) is 32.2 Å². The minimum absolute atomic E-state index is 0.203. The molecule has 9 heteroatoms. The maximum atomic E-state index is 12.2. The maximum absolute atomic E-state index is 12.2. The van der Waals surface area contributed by atoms with Crippen molar-refractivity contribution in [3.63, 3.8) is 0 Å². The van der Waals surface area contributed by atoms with Crippen LogP contribution in [0.2, 0.25) is 0 Å². The largest absolute Gasteiger partial charge is 0.440 e. The van der Waals surface area contributed by atoms with E-state index in [4.69, 9.17) is 4.42 Å². The van der Waals surface area contributed by atoms with E-state index in [0.717, 1.165) is 9.87 Å². The average molecular weight is 431 g/mol. The molecule has 0 aliphatic rings. The van der Waals surface area contributed by atoms with Crippen LogP contribution in [0.3, 0.4) is 0 Å². The molecule has 160 valence electrons. The predicted octanol–water partition coefficient (Wildman–Crippen LogP) is 3.70. The molecule has 8 nitrogen and oxygen atoms in total. The van der Waals surface area contributed by atoms with Gasteiger partial charge < -0.3 is 15.1 Å². The predicted molar refractivity (Wildman–Crippen MR) is 116 cm³/mol. The third-order valence-corrected chi connectivity index (χ3v) is 6.27. The van der Waals surface area contributed by atoms with Gasteiger partial charge in [-0.2, -0.15) is 0 Å². The molecular formula is C21H26N4O4S. The van der Waals surface area contributed by atoms with E-state index in [0.29, 0.717) is 22.7 Å². The number of aromatic nitrogens is 1. The lowest BCUT2D eigenvalue weighted by Gasteiger charge is -2.12. The second-order valence-electron chi connectivity index (χ2n) is 8.19. The van der Waals surface area contributed by atoms with E-state index >= 15 is 0 Å². The molecule has 2 N–H and O–H groups in total. The van der Waals surface area contributed by atoms with Crippen LogP contribution >= 0.6 is 0 Å². The van der Waals surface area contributed by atoms with Crippen LogP contribution in [0.25, 0.3) is 11.1 Å². The first-order chi connectivity index (χ1) is 14.0. The summed E-state index contributed by atoms with van der Waals surface area (Å²) in [4.78, 5) is 16.9. The highest BCUT2D eigenvalue weighted by atomic mass is 32.2. The Bertz CT molecular complexity index is 1160. The Morgan fingerprint density at radius 2 is 1.77 bits per heavy atom. The summed E-state index contributed by atoms with van der Waals surface area (Å²) in [7, 11) is -0.508. The topological polar surface area (TPSA) is 105 Å². The SMILES string of the molecule is CN(C)S(=O)(=O)c1ccc(CNC(=O)Nc2ccc3oc(C(C)(C)C)nc3c2)cc1. The quantitative estimate of drug-likeness (QED) is 0.642. The van der Waals surface area contributed by atoms with Gasteiger partial charge in [0.2, 0.25) is 15.9 Å². The van der Waals surface area contributed by atoms with Crippen LogP contribution in [-0.4, -0.2) is 37.8 Å². The normalized spacial score (nSPS) is 12.3. The van der Waals surface area contributed by atoms with E-state index in [2.05, 4.69) is 15.6 Å². The Labute approximate surface area is 176 Å². The molecular weight excluding hydrogens is 404 g/mol. The summed E-state index contributed by atoms with van der Waals surface area (Å²) in [6, 6.07) is 11.3. The summed E-state index contributed by atoms with van der Waals surface area (Å²) in [6.45, 7) is 6.32. The highest BCUT2D eigenvalue weighted by Crippen LogP contribution is 2.27. The summed E-state index contributed by atoms with van der Waals surface area (Å²) in [5, 5.41) is 5.52. The minimum Gasteiger partial charge on any atom is -0.440 e. The van der Waals surface area contributed by atoms with Crippen LogP contribution in [0.4, 0.5) is 10.5 Å². The van der Waals surface area contributed by atoms with Crippen LogP contribution in [0.5, 0.6) is 0 Å². The van der Waals surface area contributed by atoms with Gasteiger partial charge in [0.15, 0.2) is 5.58 Å². The van der Waals surface area contributed by atoms with Crippen molar-refractivity contribution in [2.24, 2.45) is 0 Å². The van der Waals surface area contributed by atoms with Crippen molar-refractivity contribution in [2.75, 3.05) is 19.4 Å². The monoisotopic (exact) mass is 430 g/mol. The molecule has 1 aromatic heterocycles. The number of carbonyl (C=O) groups is 1. The smallest absolute Gasteiger partial charge is 0.319 e. The number of oxazole rings is 1. The van der Waals surface area contributed by atoms with Crippen molar-refractivity contribution in [1.82, 2.24) is 14.6 Å². The number of rotatable bonds is 5. The molecule has 3 aromatic rings. The van der Waals surface area contributed by atoms with Gasteiger partial charge in [0, 0.05) is 31.7 Å². The first kappa shape index (κ1) is 21.8. The standard InChI is InChI=1S/C21H26N4O4S/c1-21(2,3)19-24-17-12-15(8-11-18(17)29-19)23-20(26)22-13-14-6-9-16(10-7-14)30(27,28)25(4)5/h6-12H,13H2,1-5H3,(H2,22,23,26). The van der Waals surface area contributed by atoms with Crippen LogP contribution in [0, 0.1) is 0 Å². The first-order valence-electron chi connectivity index (χ1n) is 9.44. The van der Waals surface area contributed by atoms with Gasteiger partial charge in [-0.1, -0.05) is 32.9 Å². The van der Waals surface area contributed by atoms with Gasteiger partial charge in [-0.3, -0.25) is 0 Å². The van der Waals surface area contributed by atoms with Crippen molar-refractivity contribution in [2.45, 2.75) is 37.6 Å². The van der Waals surface area contributed by atoms with Crippen LogP contribution in [0.15, 0.2) is 51.8 Å². The highest BCUT2D eigenvalue weighted by molar-refractivity contribution is 7.89. The number of amides is 2. The fourth-order valence-corrected chi connectivity index (χ4v) is 3.58. The van der Waals surface area contributed by atoms with E-state index in [9.17, 15) is 13.2 Å². The molecule has 0 saturated carbocycles. The van der Waals surface area contributed by atoms with Gasteiger partial charge in [0.1, 0.15) is 5.52 Å². The molecule has 30 heavy (non-hydrogen) atoms. The van der Waals surface area contributed by atoms with Gasteiger partial charge in [0.25, 0.3) is 0 Å². The van der Waals surface area contributed by atoms with E-state index in [1.54, 1.807) is 30.3 Å². The van der Waals surface area contributed by atoms with Crippen molar-refractivity contribution in [3.8, 4) is 0 Å². The number of nitrogens with one attached hydrogen (secondary N) is 2. The third kappa shape index (κ3) is 4.80. The van der Waals surface area contributed by atoms with Crippen LogP contribution < -0.4 is 10.6 Å². The first-order valence-corrected chi connectivity index (χ1v) is 10.9. The Kier molecular flexibility index (Phi) is 5.87. The Hall–Kier alpha value is -2.91. The van der Waals surface area contributed by atoms with Crippen molar-refractivity contribution in [1.29, 1.82) is 0 Å². The maximum Gasteiger partial charge on any atom is 0.319 e. The number of urea groups is 1. The number of nitrogens with zero attached hydrogens (tertiary/aromatic N) is 2. The molecule has 0 aliphatic heterocycles. The second kappa shape index (κ2) is 8.08. The Morgan fingerprint density at radius 3 is 2.37 bits per heavy atom. The molecule has 0 atom stereocenters. The number of benzene rings is 2. The number of carbonyl (C=O) groups excluding carboxylic acids is 1. The van der Waals surface area contributed by atoms with E-state index < -0.39 is 10.0 Å². The molecule has 0 bridgehead atoms. The number of anilines is 1. The summed E-state index contributed by atoms with van der Waals surface area (Å²) in [6.07, 6.45) is 0. The zero-order valence-electron chi connectivity index (χ0n) is 17.7. The number of hydrogen-bond donors (Lipinski definition) is 2. The van der Waals surface area contributed by atoms with Gasteiger partial charge in [-0.15, -0.1) is 0 Å². The number of hydrogen-bond acceptors (Lipinski definition) is 5. The van der Waals surface area contributed by atoms with Crippen LogP contribution in [-0.2, 0) is 22.0 Å². The zero-order chi connectivity index (χ0) is 22.1. The summed E-state index contributed by atoms with van der Waals surface area (Å²) in [5.74, 6) is 0.638. The number of fused-ring (bicyclic) bond motifs is 1. The lowest BCUT2D eigenvalue weighted by atomic mass is 9.97. The van der Waals surface area contributed by atoms with E-state index in [-0.39, 0.29) is 22.9 Å². The Morgan fingerprint density at radius 1 is 1.10 bits per heavy atom. The molecule has 3 rings (SSSR count). The van der Waals surface area contributed by atoms with Crippen molar-refractivity contribution in [3.05, 3.63) is 53.9 Å². The molecule has 0 unspecified atom stereocenters. The summed E-state index contributed by atoms with van der Waals surface area (Å²) < 4.78 is 31.1. The summed E-state index contributed by atoms with van der Waals surface area (Å²) >= 11 is 0. The highest BCUT2D eigenvalue weighted by Gasteiger charge is 2.21. The van der Waals surface area contributed by atoms with Crippen molar-refractivity contribution >= 4 is 32.8 Å². The molecule has 2 aromatic carbocycles. The van der Waals surface area contributed by atoms with Gasteiger partial charge >= 0.3 is 6.03 Å². The van der Waals surface area contributed by atoms with E-state index in [1.807, 2.05) is 20.8 Å². The molecule has 1 heterocycles. The molecule has 0 spiro atoms. The Balaban J connectivity index is 1.62. The molecule has 0 aliphatic carbocycles. The molecule has 0 fully saturated rings. The van der Waals surface area contributed by atoms with Gasteiger partial charge in [-0.05, 0) is 35.9 Å². The zero-order valence-corrected chi connectivity index (χ0v) is 18.5. The molecule has 2 amide bonds. The lowest BCUT2D eigenvalue weighted by molar-refractivity contribution is 0.251. The fraction of sp³-hybridized carbons (Fsp3) is 0.333. The lowest BCUT2D eigenvalue weighted by Crippen LogP contribution is -2.28. The fourth-order valence-electron chi connectivity index (χ4n) is 2.67. The van der Waals surface area contributed by atoms with Gasteiger partial charge in [0.05, 0.1) is 4.90 Å². The summed E-state index contributed by atoms with van der Waals surface area (Å²) in [5.41, 5.74) is 2.52. The second-order valence-corrected chi connectivity index (χ2v) is 10.3. The van der Waals surface area contributed by atoms with E-state index in [1.165, 1.54) is 26.2 Å². The average Bonchev–Trinajstić information content (AvgIpc) is 3.10. The molecule has 0 saturated heterocycles. The van der Waals surface area contributed by atoms with Gasteiger partial charge in [-0.25, -0.2) is 22.5 Å². The van der Waals surface area contributed by atoms with Crippen molar-refractivity contribution < 1.29 is 17.6 Å². The third-order valence-electron chi connectivity index (χ3n) is 4.44.